The van der Waals surface area contributed by atoms with E-state index in [1.165, 1.54) is 5.56 Å². The van der Waals surface area contributed by atoms with Crippen molar-refractivity contribution in [2.24, 2.45) is 5.73 Å². The van der Waals surface area contributed by atoms with Crippen molar-refractivity contribution in [2.75, 3.05) is 6.54 Å². The number of nitrogens with one attached hydrogen (secondary N) is 1. The van der Waals surface area contributed by atoms with E-state index in [0.717, 1.165) is 34.7 Å². The van der Waals surface area contributed by atoms with Crippen molar-refractivity contribution in [3.63, 3.8) is 0 Å². The van der Waals surface area contributed by atoms with Gasteiger partial charge in [-0.05, 0) is 37.6 Å². The Bertz CT molecular complexity index is 715. The van der Waals surface area contributed by atoms with Crippen LogP contribution in [0.1, 0.15) is 11.3 Å². The molecule has 19 heavy (non-hydrogen) atoms. The first-order valence-electron chi connectivity index (χ1n) is 6.39. The monoisotopic (exact) mass is 252 g/mol. The average molecular weight is 252 g/mol. The van der Waals surface area contributed by atoms with Crippen LogP contribution in [0.4, 0.5) is 0 Å². The van der Waals surface area contributed by atoms with Crippen LogP contribution in [-0.4, -0.2) is 21.5 Å². The van der Waals surface area contributed by atoms with Crippen LogP contribution in [0.15, 0.2) is 36.4 Å². The smallest absolute Gasteiger partial charge is 0.178 e. The van der Waals surface area contributed by atoms with Crippen LogP contribution in [0.5, 0.6) is 0 Å². The number of fused-ring (bicyclic) bond motifs is 1. The summed E-state index contributed by atoms with van der Waals surface area (Å²) in [6.45, 7) is 2.60. The molecule has 3 N–H and O–H groups in total. The highest BCUT2D eigenvalue weighted by Crippen LogP contribution is 2.23. The van der Waals surface area contributed by atoms with Gasteiger partial charge in [0.15, 0.2) is 5.65 Å². The maximum atomic E-state index is 5.66. The second-order valence-corrected chi connectivity index (χ2v) is 4.61. The van der Waals surface area contributed by atoms with Crippen LogP contribution < -0.4 is 5.73 Å². The van der Waals surface area contributed by atoms with Crippen molar-refractivity contribution < 1.29 is 0 Å². The predicted molar refractivity (Wildman–Crippen MR) is 76.8 cm³/mol. The van der Waals surface area contributed by atoms with Crippen molar-refractivity contribution >= 4 is 11.2 Å². The third-order valence-corrected chi connectivity index (χ3v) is 3.17. The van der Waals surface area contributed by atoms with Gasteiger partial charge >= 0.3 is 0 Å². The van der Waals surface area contributed by atoms with Crippen LogP contribution in [0.2, 0.25) is 0 Å². The Labute approximate surface area is 111 Å². The first-order chi connectivity index (χ1) is 9.28. The third-order valence-electron chi connectivity index (χ3n) is 3.17. The summed E-state index contributed by atoms with van der Waals surface area (Å²) in [5.74, 6) is 0.858. The molecular formula is C15H16N4. The molecule has 0 atom stereocenters. The number of benzene rings is 1. The van der Waals surface area contributed by atoms with Crippen molar-refractivity contribution in [3.8, 4) is 11.4 Å². The Morgan fingerprint density at radius 2 is 1.95 bits per heavy atom. The number of aryl methyl sites for hydroxylation is 1. The maximum Gasteiger partial charge on any atom is 0.178 e. The molecule has 96 valence electrons. The number of hydrogen-bond acceptors (Lipinski definition) is 3. The second kappa shape index (κ2) is 4.82. The van der Waals surface area contributed by atoms with Crippen LogP contribution >= 0.6 is 0 Å². The summed E-state index contributed by atoms with van der Waals surface area (Å²) in [5, 5.41) is 0. The van der Waals surface area contributed by atoms with Crippen LogP contribution in [-0.2, 0) is 6.42 Å². The molecule has 2 heterocycles. The van der Waals surface area contributed by atoms with Gasteiger partial charge < -0.3 is 10.7 Å². The van der Waals surface area contributed by atoms with Crippen molar-refractivity contribution in [1.29, 1.82) is 0 Å². The number of aromatic nitrogens is 3. The lowest BCUT2D eigenvalue weighted by Crippen LogP contribution is -2.04. The molecule has 0 fully saturated rings. The van der Waals surface area contributed by atoms with E-state index in [1.54, 1.807) is 0 Å². The highest BCUT2D eigenvalue weighted by molar-refractivity contribution is 5.76. The Kier molecular flexibility index (Phi) is 3.01. The maximum absolute atomic E-state index is 5.66. The number of nitrogens with two attached hydrogens (primary N) is 1. The summed E-state index contributed by atoms with van der Waals surface area (Å²) in [5.41, 5.74) is 10.7. The number of rotatable bonds is 3. The molecule has 0 saturated carbocycles. The molecule has 0 saturated heterocycles. The van der Waals surface area contributed by atoms with Crippen LogP contribution in [0.3, 0.4) is 0 Å². The van der Waals surface area contributed by atoms with Gasteiger partial charge in [-0.1, -0.05) is 24.3 Å². The van der Waals surface area contributed by atoms with E-state index in [2.05, 4.69) is 27.1 Å². The molecular weight excluding hydrogens is 236 g/mol. The number of nitrogens with zero attached hydrogens (tertiary/aromatic N) is 2. The van der Waals surface area contributed by atoms with Crippen molar-refractivity contribution in [3.05, 3.63) is 47.7 Å². The molecule has 0 aliphatic carbocycles. The molecule has 0 aliphatic rings. The lowest BCUT2D eigenvalue weighted by atomic mass is 10.0. The fraction of sp³-hybridized carbons (Fsp3) is 0.200. The van der Waals surface area contributed by atoms with Crippen LogP contribution in [0, 0.1) is 6.92 Å². The van der Waals surface area contributed by atoms with Gasteiger partial charge in [0.25, 0.3) is 0 Å². The zero-order valence-electron chi connectivity index (χ0n) is 10.9. The van der Waals surface area contributed by atoms with Gasteiger partial charge in [0.1, 0.15) is 5.82 Å². The summed E-state index contributed by atoms with van der Waals surface area (Å²) in [7, 11) is 0. The fourth-order valence-electron chi connectivity index (χ4n) is 2.24. The van der Waals surface area contributed by atoms with E-state index in [9.17, 15) is 0 Å². The quantitative estimate of drug-likeness (QED) is 0.752. The van der Waals surface area contributed by atoms with Gasteiger partial charge in [-0.25, -0.2) is 9.97 Å². The van der Waals surface area contributed by atoms with Gasteiger partial charge in [0.2, 0.25) is 0 Å². The van der Waals surface area contributed by atoms with Gasteiger partial charge in [-0.15, -0.1) is 0 Å². The average Bonchev–Trinajstić information content (AvgIpc) is 2.82. The first-order valence-corrected chi connectivity index (χ1v) is 6.39. The van der Waals surface area contributed by atoms with Gasteiger partial charge in [-0.3, -0.25) is 0 Å². The van der Waals surface area contributed by atoms with Gasteiger partial charge in [-0.2, -0.15) is 0 Å². The lowest BCUT2D eigenvalue weighted by Gasteiger charge is -2.05. The minimum absolute atomic E-state index is 0.634. The summed E-state index contributed by atoms with van der Waals surface area (Å²) in [6, 6.07) is 12.2. The normalized spacial score (nSPS) is 11.1. The molecule has 1 aromatic carbocycles. The summed E-state index contributed by atoms with van der Waals surface area (Å²) >= 11 is 0. The summed E-state index contributed by atoms with van der Waals surface area (Å²) < 4.78 is 0. The minimum Gasteiger partial charge on any atom is -0.337 e. The molecule has 0 amide bonds. The van der Waals surface area contributed by atoms with Crippen molar-refractivity contribution in [1.82, 2.24) is 15.0 Å². The standard InChI is InChI=1S/C15H16N4/c1-10-6-7-13-15(17-10)19-14(18-13)12-5-3-2-4-11(12)8-9-16/h2-7H,8-9,16H2,1H3,(H,17,18,19). The predicted octanol–water partition coefficient (Wildman–Crippen LogP) is 2.43. The topological polar surface area (TPSA) is 67.6 Å². The first kappa shape index (κ1) is 11.9. The van der Waals surface area contributed by atoms with Gasteiger partial charge in [0, 0.05) is 11.3 Å². The zero-order valence-corrected chi connectivity index (χ0v) is 10.9. The number of imidazole rings is 1. The fourth-order valence-corrected chi connectivity index (χ4v) is 2.24. The highest BCUT2D eigenvalue weighted by atomic mass is 15.0. The summed E-state index contributed by atoms with van der Waals surface area (Å²) in [6.07, 6.45) is 0.847. The largest absolute Gasteiger partial charge is 0.337 e. The van der Waals surface area contributed by atoms with E-state index in [-0.39, 0.29) is 0 Å². The summed E-state index contributed by atoms with van der Waals surface area (Å²) in [4.78, 5) is 12.3. The van der Waals surface area contributed by atoms with Crippen molar-refractivity contribution in [2.45, 2.75) is 13.3 Å². The number of pyridine rings is 1. The Morgan fingerprint density at radius 3 is 2.79 bits per heavy atom. The minimum atomic E-state index is 0.634. The Balaban J connectivity index is 2.13. The molecule has 4 nitrogen and oxygen atoms in total. The van der Waals surface area contributed by atoms with E-state index in [1.807, 2.05) is 31.2 Å². The van der Waals surface area contributed by atoms with Gasteiger partial charge in [0.05, 0.1) is 5.52 Å². The van der Waals surface area contributed by atoms with Crippen LogP contribution in [0.25, 0.3) is 22.6 Å². The highest BCUT2D eigenvalue weighted by Gasteiger charge is 2.09. The number of hydrogen-bond donors (Lipinski definition) is 2. The van der Waals surface area contributed by atoms with E-state index in [0.29, 0.717) is 6.54 Å². The Hall–Kier alpha value is -2.20. The molecule has 2 aromatic heterocycles. The molecule has 3 aromatic rings. The van der Waals surface area contributed by atoms with E-state index >= 15 is 0 Å². The Morgan fingerprint density at radius 1 is 1.11 bits per heavy atom. The lowest BCUT2D eigenvalue weighted by molar-refractivity contribution is 0.968. The molecule has 0 aliphatic heterocycles. The molecule has 0 spiro atoms. The zero-order chi connectivity index (χ0) is 13.2. The van der Waals surface area contributed by atoms with E-state index < -0.39 is 0 Å². The molecule has 0 bridgehead atoms. The second-order valence-electron chi connectivity index (χ2n) is 4.61. The number of H-pyrrole nitrogens is 1. The molecule has 3 rings (SSSR count). The third kappa shape index (κ3) is 2.22. The molecule has 4 heteroatoms. The molecule has 0 radical (unpaired) electrons. The number of aromatic amines is 1. The SMILES string of the molecule is Cc1ccc2[nH]c(-c3ccccc3CCN)nc2n1. The molecule has 0 unspecified atom stereocenters. The van der Waals surface area contributed by atoms with E-state index in [4.69, 9.17) is 5.73 Å².